The maximum Gasteiger partial charge on any atom is 0.410 e. The van der Waals surface area contributed by atoms with E-state index >= 15 is 0 Å². The lowest BCUT2D eigenvalue weighted by atomic mass is 9.85. The van der Waals surface area contributed by atoms with Crippen molar-refractivity contribution in [3.63, 3.8) is 0 Å². The molecule has 1 fully saturated rings. The molecule has 1 saturated carbocycles. The molecular weight excluding hydrogens is 394 g/mol. The van der Waals surface area contributed by atoms with Gasteiger partial charge in [0.15, 0.2) is 0 Å². The van der Waals surface area contributed by atoms with Gasteiger partial charge in [-0.2, -0.15) is 0 Å². The third-order valence-electron chi connectivity index (χ3n) is 5.67. The average molecular weight is 436 g/mol. The lowest BCUT2D eigenvalue weighted by Gasteiger charge is -2.31. The molecule has 2 rings (SSSR count). The van der Waals surface area contributed by atoms with Crippen LogP contribution in [0.2, 0.25) is 0 Å². The Morgan fingerprint density at radius 2 is 1.81 bits per heavy atom. The molecule has 2 N–H and O–H groups in total. The average Bonchev–Trinajstić information content (AvgIpc) is 2.74. The van der Waals surface area contributed by atoms with Crippen LogP contribution in [0.25, 0.3) is 0 Å². The maximum absolute atomic E-state index is 12.8. The van der Waals surface area contributed by atoms with Crippen molar-refractivity contribution < 1.29 is 24.5 Å². The van der Waals surface area contributed by atoms with Crippen LogP contribution >= 0.6 is 0 Å². The fraction of sp³-hybridized carbons (Fsp3) is 0.720. The largest absolute Gasteiger partial charge is 0.444 e. The molecule has 0 heterocycles. The van der Waals surface area contributed by atoms with Gasteiger partial charge in [0.2, 0.25) is 0 Å². The summed E-state index contributed by atoms with van der Waals surface area (Å²) in [4.78, 5) is 14.3. The zero-order valence-corrected chi connectivity index (χ0v) is 19.5. The first-order chi connectivity index (χ1) is 14.8. The van der Waals surface area contributed by atoms with Crippen molar-refractivity contribution >= 4 is 6.09 Å². The first-order valence-electron chi connectivity index (χ1n) is 11.7. The van der Waals surface area contributed by atoms with Crippen LogP contribution in [-0.2, 0) is 16.1 Å². The number of hydrogen-bond acceptors (Lipinski definition) is 5. The predicted molar refractivity (Wildman–Crippen MR) is 122 cm³/mol. The van der Waals surface area contributed by atoms with Gasteiger partial charge >= 0.3 is 6.09 Å². The summed E-state index contributed by atoms with van der Waals surface area (Å²) in [5, 5.41) is 20.4. The van der Waals surface area contributed by atoms with Crippen molar-refractivity contribution in [1.82, 2.24) is 4.90 Å². The SMILES string of the molecule is CC(C)(C)OC(=O)N(C[C@H](O)CCC1CCCCC1)C[C@H](CO)OCc1ccccc1. The Labute approximate surface area is 187 Å². The minimum Gasteiger partial charge on any atom is -0.444 e. The van der Waals surface area contributed by atoms with Gasteiger partial charge in [-0.1, -0.05) is 62.4 Å². The standard InChI is InChI=1S/C25H41NO5/c1-25(2,3)31-24(29)26(16-22(28)15-14-20-10-6-4-7-11-20)17-23(18-27)30-19-21-12-8-5-9-13-21/h5,8-9,12-13,20,22-23,27-28H,4,6-7,10-11,14-19H2,1-3H3/t22-,23-/m1/s1. The molecule has 0 aromatic heterocycles. The van der Waals surface area contributed by atoms with E-state index in [9.17, 15) is 15.0 Å². The summed E-state index contributed by atoms with van der Waals surface area (Å²) in [7, 11) is 0. The molecule has 6 nitrogen and oxygen atoms in total. The van der Waals surface area contributed by atoms with Crippen molar-refractivity contribution in [1.29, 1.82) is 0 Å². The van der Waals surface area contributed by atoms with Crippen LogP contribution in [-0.4, -0.2) is 58.7 Å². The van der Waals surface area contributed by atoms with E-state index in [0.29, 0.717) is 18.9 Å². The number of benzene rings is 1. The highest BCUT2D eigenvalue weighted by Crippen LogP contribution is 2.28. The van der Waals surface area contributed by atoms with Crippen molar-refractivity contribution in [3.05, 3.63) is 35.9 Å². The Balaban J connectivity index is 1.92. The molecule has 176 valence electrons. The Hall–Kier alpha value is -1.63. The molecule has 0 radical (unpaired) electrons. The van der Waals surface area contributed by atoms with Crippen molar-refractivity contribution in [2.24, 2.45) is 5.92 Å². The number of carbonyl (C=O) groups is 1. The number of nitrogens with zero attached hydrogens (tertiary/aromatic N) is 1. The fourth-order valence-electron chi connectivity index (χ4n) is 4.00. The fourth-order valence-corrected chi connectivity index (χ4v) is 4.00. The second kappa shape index (κ2) is 13.0. The van der Waals surface area contributed by atoms with Crippen LogP contribution in [0.3, 0.4) is 0 Å². The smallest absolute Gasteiger partial charge is 0.410 e. The molecule has 1 aliphatic carbocycles. The molecule has 0 aliphatic heterocycles. The number of aliphatic hydroxyl groups is 2. The lowest BCUT2D eigenvalue weighted by molar-refractivity contribution is -0.0349. The molecule has 0 bridgehead atoms. The summed E-state index contributed by atoms with van der Waals surface area (Å²) >= 11 is 0. The van der Waals surface area contributed by atoms with Crippen LogP contribution in [0, 0.1) is 5.92 Å². The topological polar surface area (TPSA) is 79.2 Å². The van der Waals surface area contributed by atoms with E-state index in [2.05, 4.69) is 0 Å². The number of hydrogen-bond donors (Lipinski definition) is 2. The summed E-state index contributed by atoms with van der Waals surface area (Å²) < 4.78 is 11.4. The normalized spacial score (nSPS) is 17.2. The quantitative estimate of drug-likeness (QED) is 0.534. The third kappa shape index (κ3) is 10.5. The lowest BCUT2D eigenvalue weighted by Crippen LogP contribution is -2.46. The monoisotopic (exact) mass is 435 g/mol. The van der Waals surface area contributed by atoms with Crippen molar-refractivity contribution in [2.45, 2.75) is 90.1 Å². The highest BCUT2D eigenvalue weighted by Gasteiger charge is 2.27. The molecule has 2 atom stereocenters. The van der Waals surface area contributed by atoms with Gasteiger partial charge in [-0.15, -0.1) is 0 Å². The zero-order valence-electron chi connectivity index (χ0n) is 19.5. The Morgan fingerprint density at radius 3 is 2.42 bits per heavy atom. The Kier molecular flexibility index (Phi) is 10.8. The first kappa shape index (κ1) is 25.6. The number of ether oxygens (including phenoxy) is 2. The van der Waals surface area contributed by atoms with E-state index in [1.54, 1.807) is 0 Å². The van der Waals surface area contributed by atoms with E-state index in [0.717, 1.165) is 12.0 Å². The van der Waals surface area contributed by atoms with E-state index in [1.807, 2.05) is 51.1 Å². The van der Waals surface area contributed by atoms with E-state index < -0.39 is 23.9 Å². The molecule has 6 heteroatoms. The van der Waals surface area contributed by atoms with Crippen molar-refractivity contribution in [3.8, 4) is 0 Å². The third-order valence-corrected chi connectivity index (χ3v) is 5.67. The molecule has 0 spiro atoms. The van der Waals surface area contributed by atoms with Crippen LogP contribution in [0.4, 0.5) is 4.79 Å². The number of rotatable bonds is 11. The minimum atomic E-state index is -0.637. The highest BCUT2D eigenvalue weighted by molar-refractivity contribution is 5.68. The van der Waals surface area contributed by atoms with Gasteiger partial charge in [0, 0.05) is 0 Å². The molecule has 31 heavy (non-hydrogen) atoms. The molecule has 1 aromatic rings. The van der Waals surface area contributed by atoms with Crippen LogP contribution in [0.5, 0.6) is 0 Å². The van der Waals surface area contributed by atoms with Crippen molar-refractivity contribution in [2.75, 3.05) is 19.7 Å². The van der Waals surface area contributed by atoms with E-state index in [-0.39, 0.29) is 19.7 Å². The first-order valence-corrected chi connectivity index (χ1v) is 11.7. The van der Waals surface area contributed by atoms with Gasteiger partial charge in [0.05, 0.1) is 38.5 Å². The highest BCUT2D eigenvalue weighted by atomic mass is 16.6. The number of amides is 1. The molecular formula is C25H41NO5. The predicted octanol–water partition coefficient (Wildman–Crippen LogP) is 4.52. The second-order valence-corrected chi connectivity index (χ2v) is 9.72. The minimum absolute atomic E-state index is 0.165. The van der Waals surface area contributed by atoms with Gasteiger partial charge in [0.25, 0.3) is 0 Å². The van der Waals surface area contributed by atoms with E-state index in [1.165, 1.54) is 37.0 Å². The molecule has 1 aliphatic rings. The number of aliphatic hydroxyl groups excluding tert-OH is 2. The van der Waals surface area contributed by atoms with E-state index in [4.69, 9.17) is 9.47 Å². The number of carbonyl (C=O) groups excluding carboxylic acids is 1. The van der Waals surface area contributed by atoms with Gasteiger partial charge in [0.1, 0.15) is 5.60 Å². The summed E-state index contributed by atoms with van der Waals surface area (Å²) in [5.74, 6) is 0.678. The molecule has 1 amide bonds. The van der Waals surface area contributed by atoms with Crippen LogP contribution in [0.15, 0.2) is 30.3 Å². The Bertz CT molecular complexity index is 625. The van der Waals surface area contributed by atoms with Gasteiger partial charge in [-0.3, -0.25) is 0 Å². The maximum atomic E-state index is 12.8. The van der Waals surface area contributed by atoms with Crippen LogP contribution < -0.4 is 0 Å². The van der Waals surface area contributed by atoms with Gasteiger partial charge in [-0.05, 0) is 45.1 Å². The molecule has 0 unspecified atom stereocenters. The van der Waals surface area contributed by atoms with Crippen LogP contribution in [0.1, 0.15) is 71.3 Å². The molecule has 0 saturated heterocycles. The summed E-state index contributed by atoms with van der Waals surface area (Å²) in [6.07, 6.45) is 6.33. The summed E-state index contributed by atoms with van der Waals surface area (Å²) in [6.45, 7) is 5.92. The van der Waals surface area contributed by atoms with Gasteiger partial charge in [-0.25, -0.2) is 4.79 Å². The Morgan fingerprint density at radius 1 is 1.13 bits per heavy atom. The second-order valence-electron chi connectivity index (χ2n) is 9.72. The zero-order chi connectivity index (χ0) is 22.7. The summed E-state index contributed by atoms with van der Waals surface area (Å²) in [6, 6.07) is 9.71. The molecule has 1 aromatic carbocycles. The summed E-state index contributed by atoms with van der Waals surface area (Å²) in [5.41, 5.74) is 0.361. The van der Waals surface area contributed by atoms with Gasteiger partial charge < -0.3 is 24.6 Å².